The number of aromatic nitrogens is 5. The smallest absolute Gasteiger partial charge is 0.275 e. The number of hydrogen-bond acceptors (Lipinski definition) is 5. The van der Waals surface area contributed by atoms with Gasteiger partial charge in [-0.05, 0) is 29.8 Å². The highest BCUT2D eigenvalue weighted by molar-refractivity contribution is 6.68. The maximum Gasteiger partial charge on any atom is 0.281 e. The van der Waals surface area contributed by atoms with Crippen LogP contribution < -0.4 is 4.90 Å². The number of aryl methyl sites for hydroxylation is 1. The van der Waals surface area contributed by atoms with E-state index >= 15 is 0 Å². The highest BCUT2D eigenvalue weighted by Crippen LogP contribution is 2.29. The summed E-state index contributed by atoms with van der Waals surface area (Å²) in [6, 6.07) is 12.6. The van der Waals surface area contributed by atoms with Gasteiger partial charge in [0, 0.05) is 25.0 Å². The van der Waals surface area contributed by atoms with E-state index in [1.54, 1.807) is 42.0 Å². The summed E-state index contributed by atoms with van der Waals surface area (Å²) in [5.74, 6) is -0.436. The number of anilines is 2. The molecule has 9 heteroatoms. The molecule has 4 rings (SSSR count). The summed E-state index contributed by atoms with van der Waals surface area (Å²) < 4.78 is 2.93. The second-order valence-electron chi connectivity index (χ2n) is 5.73. The topological polar surface area (TPSA) is 85.4 Å². The molecule has 0 unspecified atom stereocenters. The van der Waals surface area contributed by atoms with Gasteiger partial charge in [0.2, 0.25) is 0 Å². The molecule has 0 aliphatic heterocycles. The standard InChI is InChI=1S/C18H13ClN6O2/c1-23-16(14(10-21-23)17(19)26)18(27)25(12-5-3-2-4-6-12)13-7-8-24-15(9-13)20-11-22-24/h2-11H,1H3. The lowest BCUT2D eigenvalue weighted by Crippen LogP contribution is -2.29. The summed E-state index contributed by atoms with van der Waals surface area (Å²) in [5.41, 5.74) is 1.93. The van der Waals surface area contributed by atoms with Gasteiger partial charge in [-0.1, -0.05) is 18.2 Å². The zero-order valence-corrected chi connectivity index (χ0v) is 14.9. The van der Waals surface area contributed by atoms with Crippen molar-refractivity contribution >= 4 is 39.8 Å². The van der Waals surface area contributed by atoms with E-state index in [1.165, 1.54) is 22.1 Å². The number of pyridine rings is 1. The van der Waals surface area contributed by atoms with Gasteiger partial charge in [0.25, 0.3) is 11.1 Å². The van der Waals surface area contributed by atoms with E-state index in [2.05, 4.69) is 15.2 Å². The zero-order valence-electron chi connectivity index (χ0n) is 14.2. The van der Waals surface area contributed by atoms with E-state index in [1.807, 2.05) is 18.2 Å². The monoisotopic (exact) mass is 380 g/mol. The number of amides is 1. The van der Waals surface area contributed by atoms with Gasteiger partial charge in [0.15, 0.2) is 5.65 Å². The molecular weight excluding hydrogens is 368 g/mol. The maximum atomic E-state index is 13.4. The number of nitrogens with zero attached hydrogens (tertiary/aromatic N) is 6. The van der Waals surface area contributed by atoms with E-state index in [9.17, 15) is 9.59 Å². The minimum absolute atomic E-state index is 0.0497. The Bertz CT molecular complexity index is 1150. The molecule has 0 spiro atoms. The largest absolute Gasteiger partial charge is 0.281 e. The van der Waals surface area contributed by atoms with Crippen LogP contribution in [0, 0.1) is 0 Å². The van der Waals surface area contributed by atoms with Gasteiger partial charge in [-0.3, -0.25) is 19.2 Å². The molecule has 0 N–H and O–H groups in total. The van der Waals surface area contributed by atoms with Crippen LogP contribution in [0.15, 0.2) is 61.2 Å². The molecule has 1 amide bonds. The third-order valence-corrected chi connectivity index (χ3v) is 4.30. The molecule has 1 aromatic carbocycles. The molecule has 0 atom stereocenters. The van der Waals surface area contributed by atoms with Crippen LogP contribution in [0.2, 0.25) is 0 Å². The molecule has 27 heavy (non-hydrogen) atoms. The second kappa shape index (κ2) is 6.65. The lowest BCUT2D eigenvalue weighted by molar-refractivity contribution is 0.0980. The van der Waals surface area contributed by atoms with Gasteiger partial charge in [0.1, 0.15) is 12.0 Å². The average Bonchev–Trinajstić information content (AvgIpc) is 3.28. The molecule has 0 saturated heterocycles. The van der Waals surface area contributed by atoms with Gasteiger partial charge in [-0.2, -0.15) is 10.2 Å². The van der Waals surface area contributed by atoms with Crippen LogP contribution in [-0.2, 0) is 7.05 Å². The van der Waals surface area contributed by atoms with Crippen molar-refractivity contribution in [2.75, 3.05) is 4.90 Å². The summed E-state index contributed by atoms with van der Waals surface area (Å²) in [4.78, 5) is 30.8. The minimum Gasteiger partial charge on any atom is -0.275 e. The third-order valence-electron chi connectivity index (χ3n) is 4.09. The van der Waals surface area contributed by atoms with Crippen molar-refractivity contribution in [1.29, 1.82) is 0 Å². The van der Waals surface area contributed by atoms with Gasteiger partial charge < -0.3 is 0 Å². The molecule has 0 fully saturated rings. The number of halogens is 1. The fourth-order valence-electron chi connectivity index (χ4n) is 2.85. The maximum absolute atomic E-state index is 13.4. The normalized spacial score (nSPS) is 10.9. The number of carbonyl (C=O) groups is 2. The Hall–Kier alpha value is -3.52. The summed E-state index contributed by atoms with van der Waals surface area (Å²) in [6.07, 6.45) is 4.42. The fourth-order valence-corrected chi connectivity index (χ4v) is 2.98. The Morgan fingerprint density at radius 2 is 1.85 bits per heavy atom. The number of carbonyl (C=O) groups excluding carboxylic acids is 2. The van der Waals surface area contributed by atoms with Crippen LogP contribution in [0.5, 0.6) is 0 Å². The Balaban J connectivity index is 1.90. The first kappa shape index (κ1) is 16.9. The van der Waals surface area contributed by atoms with Crippen LogP contribution in [0.25, 0.3) is 5.65 Å². The summed E-state index contributed by atoms with van der Waals surface area (Å²) in [5, 5.41) is 7.33. The quantitative estimate of drug-likeness (QED) is 0.508. The summed E-state index contributed by atoms with van der Waals surface area (Å²) >= 11 is 5.64. The van der Waals surface area contributed by atoms with Crippen molar-refractivity contribution < 1.29 is 9.59 Å². The molecular formula is C18H13ClN6O2. The van der Waals surface area contributed by atoms with E-state index in [4.69, 9.17) is 11.6 Å². The molecule has 4 aromatic rings. The highest BCUT2D eigenvalue weighted by atomic mass is 35.5. The highest BCUT2D eigenvalue weighted by Gasteiger charge is 2.28. The predicted molar refractivity (Wildman–Crippen MR) is 99.3 cm³/mol. The van der Waals surface area contributed by atoms with Gasteiger partial charge in [0.05, 0.1) is 17.4 Å². The third kappa shape index (κ3) is 2.96. The molecule has 0 aliphatic rings. The molecule has 0 radical (unpaired) electrons. The van der Waals surface area contributed by atoms with E-state index in [0.29, 0.717) is 17.0 Å². The van der Waals surface area contributed by atoms with E-state index in [-0.39, 0.29) is 11.3 Å². The molecule has 0 bridgehead atoms. The van der Waals surface area contributed by atoms with Crippen molar-refractivity contribution in [3.8, 4) is 0 Å². The SMILES string of the molecule is Cn1ncc(C(=O)Cl)c1C(=O)N(c1ccccc1)c1ccn2ncnc2c1. The lowest BCUT2D eigenvalue weighted by Gasteiger charge is -2.23. The Labute approximate surface area is 158 Å². The Morgan fingerprint density at radius 3 is 2.59 bits per heavy atom. The van der Waals surface area contributed by atoms with Crippen LogP contribution in [0.1, 0.15) is 20.8 Å². The van der Waals surface area contributed by atoms with Crippen LogP contribution in [-0.4, -0.2) is 35.5 Å². The van der Waals surface area contributed by atoms with Gasteiger partial charge in [-0.25, -0.2) is 9.50 Å². The van der Waals surface area contributed by atoms with Crippen molar-refractivity contribution in [1.82, 2.24) is 24.4 Å². The number of benzene rings is 1. The van der Waals surface area contributed by atoms with Gasteiger partial charge in [-0.15, -0.1) is 0 Å². The van der Waals surface area contributed by atoms with Crippen molar-refractivity contribution in [2.45, 2.75) is 0 Å². The molecule has 0 saturated carbocycles. The van der Waals surface area contributed by atoms with E-state index < -0.39 is 11.1 Å². The number of fused-ring (bicyclic) bond motifs is 1. The predicted octanol–water partition coefficient (Wildman–Crippen LogP) is 2.82. The first-order valence-corrected chi connectivity index (χ1v) is 8.35. The Kier molecular flexibility index (Phi) is 4.17. The van der Waals surface area contributed by atoms with Crippen molar-refractivity contribution in [2.24, 2.45) is 7.05 Å². The van der Waals surface area contributed by atoms with Crippen LogP contribution >= 0.6 is 11.6 Å². The van der Waals surface area contributed by atoms with Gasteiger partial charge >= 0.3 is 0 Å². The van der Waals surface area contributed by atoms with Crippen LogP contribution in [0.3, 0.4) is 0 Å². The van der Waals surface area contributed by atoms with Crippen molar-refractivity contribution in [3.05, 3.63) is 72.4 Å². The van der Waals surface area contributed by atoms with Crippen LogP contribution in [0.4, 0.5) is 11.4 Å². The zero-order chi connectivity index (χ0) is 19.0. The fraction of sp³-hybridized carbons (Fsp3) is 0.0556. The molecule has 0 aliphatic carbocycles. The molecule has 8 nitrogen and oxygen atoms in total. The molecule has 3 heterocycles. The number of hydrogen-bond donors (Lipinski definition) is 0. The Morgan fingerprint density at radius 1 is 1.07 bits per heavy atom. The number of rotatable bonds is 4. The summed E-state index contributed by atoms with van der Waals surface area (Å²) in [7, 11) is 1.58. The average molecular weight is 381 g/mol. The van der Waals surface area contributed by atoms with Crippen molar-refractivity contribution in [3.63, 3.8) is 0 Å². The molecule has 134 valence electrons. The minimum atomic E-state index is -0.743. The second-order valence-corrected chi connectivity index (χ2v) is 6.07. The summed E-state index contributed by atoms with van der Waals surface area (Å²) in [6.45, 7) is 0. The lowest BCUT2D eigenvalue weighted by atomic mass is 10.2. The number of para-hydroxylation sites is 1. The first-order chi connectivity index (χ1) is 13.1. The first-order valence-electron chi connectivity index (χ1n) is 7.97. The van der Waals surface area contributed by atoms with E-state index in [0.717, 1.165) is 0 Å². The molecule has 3 aromatic heterocycles.